The summed E-state index contributed by atoms with van der Waals surface area (Å²) in [6.45, 7) is 3.01. The van der Waals surface area contributed by atoms with Gasteiger partial charge >= 0.3 is 6.09 Å². The number of hydrogen-bond donors (Lipinski definition) is 1. The number of rotatable bonds is 5. The van der Waals surface area contributed by atoms with Gasteiger partial charge < -0.3 is 24.6 Å². The molecule has 0 aromatic heterocycles. The van der Waals surface area contributed by atoms with Gasteiger partial charge in [0, 0.05) is 26.2 Å². The molecule has 1 aromatic carbocycles. The van der Waals surface area contributed by atoms with Crippen molar-refractivity contribution in [3.63, 3.8) is 0 Å². The summed E-state index contributed by atoms with van der Waals surface area (Å²) in [5, 5.41) is 2.92. The highest BCUT2D eigenvalue weighted by molar-refractivity contribution is 7.80. The molecule has 8 nitrogen and oxygen atoms in total. The quantitative estimate of drug-likeness (QED) is 0.587. The second-order valence-electron chi connectivity index (χ2n) is 6.22. The fourth-order valence-corrected chi connectivity index (χ4v) is 3.38. The first-order valence-electron chi connectivity index (χ1n) is 8.56. The van der Waals surface area contributed by atoms with Gasteiger partial charge in [0.05, 0.1) is 31.6 Å². The summed E-state index contributed by atoms with van der Waals surface area (Å²) in [4.78, 5) is 27.6. The van der Waals surface area contributed by atoms with Gasteiger partial charge in [-0.05, 0) is 30.4 Å². The number of thiocarbonyl (C=S) groups is 1. The van der Waals surface area contributed by atoms with E-state index in [2.05, 4.69) is 5.32 Å². The zero-order valence-corrected chi connectivity index (χ0v) is 15.7. The van der Waals surface area contributed by atoms with Crippen LogP contribution in [0.15, 0.2) is 18.2 Å². The Balaban J connectivity index is 1.65. The standard InChI is InChI=1S/C17H21FN4O4S/c1-25-17(27)21-6-4-20(5-7-21)15-3-2-12(8-14(15)18)22-10-13(9-19-11-23)26-16(22)24/h2-3,8,11,13H,4-7,9-10H2,1H3,(H,19,23). The molecule has 2 aliphatic heterocycles. The topological polar surface area (TPSA) is 74.3 Å². The van der Waals surface area contributed by atoms with E-state index in [1.165, 1.54) is 18.1 Å². The van der Waals surface area contributed by atoms with E-state index in [1.54, 1.807) is 12.1 Å². The number of ether oxygens (including phenoxy) is 2. The summed E-state index contributed by atoms with van der Waals surface area (Å²) in [5.74, 6) is -0.405. The molecule has 2 amide bonds. The highest BCUT2D eigenvalue weighted by Crippen LogP contribution is 2.28. The summed E-state index contributed by atoms with van der Waals surface area (Å²) < 4.78 is 24.9. The summed E-state index contributed by atoms with van der Waals surface area (Å²) in [5.41, 5.74) is 0.905. The maximum atomic E-state index is 14.7. The number of piperazine rings is 1. The van der Waals surface area contributed by atoms with Crippen LogP contribution >= 0.6 is 12.2 Å². The minimum Gasteiger partial charge on any atom is -0.474 e. The molecule has 2 heterocycles. The number of hydrogen-bond acceptors (Lipinski definition) is 6. The number of amides is 2. The number of nitrogens with zero attached hydrogens (tertiary/aromatic N) is 3. The first-order chi connectivity index (χ1) is 13.0. The van der Waals surface area contributed by atoms with Crippen LogP contribution in [-0.4, -0.2) is 75.1 Å². The van der Waals surface area contributed by atoms with Crippen molar-refractivity contribution in [3.05, 3.63) is 24.0 Å². The van der Waals surface area contributed by atoms with Crippen LogP contribution in [0.2, 0.25) is 0 Å². The Bertz CT molecular complexity index is 727. The Labute approximate surface area is 161 Å². The average Bonchev–Trinajstić information content (AvgIpc) is 3.06. The first-order valence-corrected chi connectivity index (χ1v) is 8.97. The highest BCUT2D eigenvalue weighted by Gasteiger charge is 2.32. The van der Waals surface area contributed by atoms with Crippen LogP contribution in [0.4, 0.5) is 20.6 Å². The van der Waals surface area contributed by atoms with Crippen molar-refractivity contribution in [2.24, 2.45) is 0 Å². The summed E-state index contributed by atoms with van der Waals surface area (Å²) in [6, 6.07) is 4.69. The minimum atomic E-state index is -0.554. The molecule has 0 saturated carbocycles. The molecule has 27 heavy (non-hydrogen) atoms. The number of benzene rings is 1. The molecule has 1 N–H and O–H groups in total. The Morgan fingerprint density at radius 2 is 2.15 bits per heavy atom. The van der Waals surface area contributed by atoms with E-state index in [4.69, 9.17) is 21.7 Å². The molecule has 2 aliphatic rings. The molecule has 0 aliphatic carbocycles. The number of nitrogens with one attached hydrogen (secondary N) is 1. The number of methoxy groups -OCH3 is 1. The first kappa shape index (κ1) is 19.2. The van der Waals surface area contributed by atoms with Crippen molar-refractivity contribution in [2.75, 3.05) is 56.2 Å². The zero-order chi connectivity index (χ0) is 19.4. The molecule has 3 rings (SSSR count). The van der Waals surface area contributed by atoms with Gasteiger partial charge in [0.1, 0.15) is 11.9 Å². The van der Waals surface area contributed by atoms with Crippen LogP contribution in [0.1, 0.15) is 0 Å². The molecule has 1 atom stereocenters. The van der Waals surface area contributed by atoms with E-state index in [1.807, 2.05) is 9.80 Å². The van der Waals surface area contributed by atoms with E-state index in [-0.39, 0.29) is 13.1 Å². The number of cyclic esters (lactones) is 1. The predicted octanol–water partition coefficient (Wildman–Crippen LogP) is 0.950. The van der Waals surface area contributed by atoms with Crippen molar-refractivity contribution in [2.45, 2.75) is 6.10 Å². The molecule has 1 aromatic rings. The fourth-order valence-electron chi connectivity index (χ4n) is 3.20. The lowest BCUT2D eigenvalue weighted by molar-refractivity contribution is -0.109. The van der Waals surface area contributed by atoms with Crippen LogP contribution in [0.3, 0.4) is 0 Å². The van der Waals surface area contributed by atoms with E-state index >= 15 is 0 Å². The summed E-state index contributed by atoms with van der Waals surface area (Å²) >= 11 is 5.12. The SMILES string of the molecule is COC(=S)N1CCN(c2ccc(N3CC(CNC=O)OC3=O)cc2F)CC1. The number of carbonyl (C=O) groups excluding carboxylic acids is 2. The highest BCUT2D eigenvalue weighted by atomic mass is 32.1. The Hall–Kier alpha value is -2.62. The van der Waals surface area contributed by atoms with Gasteiger partial charge in [0.2, 0.25) is 6.41 Å². The van der Waals surface area contributed by atoms with Crippen molar-refractivity contribution in [3.8, 4) is 0 Å². The largest absolute Gasteiger partial charge is 0.474 e. The lowest BCUT2D eigenvalue weighted by Crippen LogP contribution is -2.48. The van der Waals surface area contributed by atoms with Gasteiger partial charge in [0.15, 0.2) is 0 Å². The minimum absolute atomic E-state index is 0.222. The van der Waals surface area contributed by atoms with Gasteiger partial charge in [-0.25, -0.2) is 9.18 Å². The van der Waals surface area contributed by atoms with Gasteiger partial charge in [-0.1, -0.05) is 0 Å². The second kappa shape index (κ2) is 8.38. The molecule has 10 heteroatoms. The maximum Gasteiger partial charge on any atom is 0.414 e. The molecule has 2 fully saturated rings. The van der Waals surface area contributed by atoms with Crippen molar-refractivity contribution in [1.82, 2.24) is 10.2 Å². The molecule has 0 radical (unpaired) electrons. The number of anilines is 2. The van der Waals surface area contributed by atoms with E-state index < -0.39 is 18.0 Å². The van der Waals surface area contributed by atoms with Crippen molar-refractivity contribution >= 4 is 41.3 Å². The lowest BCUT2D eigenvalue weighted by atomic mass is 10.2. The normalized spacial score (nSPS) is 19.7. The molecule has 1 unspecified atom stereocenters. The smallest absolute Gasteiger partial charge is 0.414 e. The van der Waals surface area contributed by atoms with Crippen LogP contribution in [0.25, 0.3) is 0 Å². The maximum absolute atomic E-state index is 14.7. The Kier molecular flexibility index (Phi) is 5.94. The molecule has 0 bridgehead atoms. The predicted molar refractivity (Wildman–Crippen MR) is 101 cm³/mol. The third-order valence-electron chi connectivity index (χ3n) is 4.60. The Morgan fingerprint density at radius 1 is 1.41 bits per heavy atom. The molecule has 2 saturated heterocycles. The van der Waals surface area contributed by atoms with E-state index in [0.29, 0.717) is 49.1 Å². The number of carbonyl (C=O) groups is 2. The van der Waals surface area contributed by atoms with Crippen LogP contribution in [0, 0.1) is 5.82 Å². The monoisotopic (exact) mass is 396 g/mol. The van der Waals surface area contributed by atoms with E-state index in [0.717, 1.165) is 0 Å². The Morgan fingerprint density at radius 3 is 2.78 bits per heavy atom. The third kappa shape index (κ3) is 4.21. The van der Waals surface area contributed by atoms with Gasteiger partial charge in [0.25, 0.3) is 5.17 Å². The molecular formula is C17H21FN4O4S. The van der Waals surface area contributed by atoms with Gasteiger partial charge in [-0.3, -0.25) is 9.69 Å². The van der Waals surface area contributed by atoms with Crippen LogP contribution in [0.5, 0.6) is 0 Å². The summed E-state index contributed by atoms with van der Waals surface area (Å²) in [6.07, 6.45) is -0.464. The second-order valence-corrected chi connectivity index (χ2v) is 6.57. The molecule has 146 valence electrons. The fraction of sp³-hybridized carbons (Fsp3) is 0.471. The van der Waals surface area contributed by atoms with Crippen LogP contribution < -0.4 is 15.1 Å². The lowest BCUT2D eigenvalue weighted by Gasteiger charge is -2.36. The van der Waals surface area contributed by atoms with Gasteiger partial charge in [-0.15, -0.1) is 0 Å². The number of halogens is 1. The van der Waals surface area contributed by atoms with Crippen molar-refractivity contribution < 1.29 is 23.5 Å². The van der Waals surface area contributed by atoms with Crippen molar-refractivity contribution in [1.29, 1.82) is 0 Å². The summed E-state index contributed by atoms with van der Waals surface area (Å²) in [7, 11) is 1.54. The van der Waals surface area contributed by atoms with Gasteiger partial charge in [-0.2, -0.15) is 0 Å². The van der Waals surface area contributed by atoms with E-state index in [9.17, 15) is 14.0 Å². The van der Waals surface area contributed by atoms with Crippen LogP contribution in [-0.2, 0) is 14.3 Å². The molecular weight excluding hydrogens is 375 g/mol. The average molecular weight is 396 g/mol. The molecule has 0 spiro atoms. The third-order valence-corrected chi connectivity index (χ3v) is 5.02. The zero-order valence-electron chi connectivity index (χ0n) is 14.9.